The first kappa shape index (κ1) is 17.1. The summed E-state index contributed by atoms with van der Waals surface area (Å²) in [7, 11) is 0.118. The maximum absolute atomic E-state index is 11.4. The molecule has 114 valence electrons. The minimum Gasteiger partial charge on any atom is -0.493 e. The zero-order valence-corrected chi connectivity index (χ0v) is 13.5. The van der Waals surface area contributed by atoms with Gasteiger partial charge in [0.05, 0.1) is 25.0 Å². The van der Waals surface area contributed by atoms with Gasteiger partial charge in [0.1, 0.15) is 0 Å². The van der Waals surface area contributed by atoms with Crippen molar-refractivity contribution in [2.75, 3.05) is 32.3 Å². The molecule has 1 aromatic carbocycles. The molecule has 0 saturated carbocycles. The van der Waals surface area contributed by atoms with Crippen molar-refractivity contribution >= 4 is 21.4 Å². The molecule has 1 N–H and O–H groups in total. The first-order valence-electron chi connectivity index (χ1n) is 6.25. The van der Waals surface area contributed by atoms with Crippen LogP contribution in [0.4, 0.5) is 0 Å². The van der Waals surface area contributed by atoms with E-state index < -0.39 is 9.84 Å². The van der Waals surface area contributed by atoms with Crippen LogP contribution in [-0.2, 0) is 16.4 Å². The average molecular weight is 322 g/mol. The van der Waals surface area contributed by atoms with Crippen LogP contribution in [0.5, 0.6) is 11.5 Å². The summed E-state index contributed by atoms with van der Waals surface area (Å²) in [6.07, 6.45) is 0. The average Bonchev–Trinajstić information content (AvgIpc) is 2.44. The number of benzene rings is 1. The lowest BCUT2D eigenvalue weighted by atomic mass is 10.2. The Morgan fingerprint density at radius 2 is 1.95 bits per heavy atom. The maximum Gasteiger partial charge on any atom is 0.179 e. The van der Waals surface area contributed by atoms with Crippen LogP contribution in [0.2, 0.25) is 5.02 Å². The van der Waals surface area contributed by atoms with Crippen LogP contribution < -0.4 is 14.8 Å². The second-order valence-electron chi connectivity index (χ2n) is 4.19. The number of nitrogens with one attached hydrogen (secondary N) is 1. The van der Waals surface area contributed by atoms with E-state index >= 15 is 0 Å². The van der Waals surface area contributed by atoms with Crippen LogP contribution in [0, 0.1) is 0 Å². The minimum atomic E-state index is -2.95. The first-order valence-corrected chi connectivity index (χ1v) is 8.45. The molecule has 0 amide bonds. The predicted molar refractivity (Wildman–Crippen MR) is 80.6 cm³/mol. The number of hydrogen-bond donors (Lipinski definition) is 1. The van der Waals surface area contributed by atoms with Crippen LogP contribution in [0.3, 0.4) is 0 Å². The van der Waals surface area contributed by atoms with Gasteiger partial charge in [-0.1, -0.05) is 24.6 Å². The summed E-state index contributed by atoms with van der Waals surface area (Å²) in [4.78, 5) is 0. The molecule has 0 aromatic heterocycles. The molecule has 7 heteroatoms. The molecule has 1 rings (SSSR count). The van der Waals surface area contributed by atoms with Gasteiger partial charge in [0.15, 0.2) is 21.3 Å². The Kier molecular flexibility index (Phi) is 6.58. The van der Waals surface area contributed by atoms with Crippen molar-refractivity contribution in [3.05, 3.63) is 22.7 Å². The van der Waals surface area contributed by atoms with Crippen molar-refractivity contribution in [2.24, 2.45) is 0 Å². The van der Waals surface area contributed by atoms with Gasteiger partial charge in [-0.2, -0.15) is 0 Å². The molecule has 0 saturated heterocycles. The van der Waals surface area contributed by atoms with E-state index in [1.807, 2.05) is 6.07 Å². The molecule has 0 spiro atoms. The Labute approximate surface area is 125 Å². The second-order valence-corrected chi connectivity index (χ2v) is 7.04. The molecule has 0 unspecified atom stereocenters. The van der Waals surface area contributed by atoms with E-state index in [9.17, 15) is 8.42 Å². The van der Waals surface area contributed by atoms with Crippen molar-refractivity contribution in [3.8, 4) is 11.5 Å². The lowest BCUT2D eigenvalue weighted by Crippen LogP contribution is -2.23. The smallest absolute Gasteiger partial charge is 0.179 e. The summed E-state index contributed by atoms with van der Waals surface area (Å²) >= 11 is 6.23. The van der Waals surface area contributed by atoms with Crippen molar-refractivity contribution < 1.29 is 17.9 Å². The van der Waals surface area contributed by atoms with E-state index in [0.29, 0.717) is 29.6 Å². The van der Waals surface area contributed by atoms with Crippen LogP contribution in [0.25, 0.3) is 0 Å². The van der Waals surface area contributed by atoms with Crippen LogP contribution >= 0.6 is 11.6 Å². The van der Waals surface area contributed by atoms with Gasteiger partial charge in [-0.05, 0) is 11.6 Å². The quantitative estimate of drug-likeness (QED) is 0.741. The molecule has 0 aliphatic rings. The third-order valence-corrected chi connectivity index (χ3v) is 5.03. The standard InChI is InChI=1S/C13H20ClNO4S/c1-4-20(16,17)8-7-15-9-10-5-6-11(18-2)13(19-3)12(10)14/h5-6,15H,4,7-9H2,1-3H3. The Morgan fingerprint density at radius 3 is 2.50 bits per heavy atom. The largest absolute Gasteiger partial charge is 0.493 e. The van der Waals surface area contributed by atoms with Crippen LogP contribution in [0.1, 0.15) is 12.5 Å². The summed E-state index contributed by atoms with van der Waals surface area (Å²) < 4.78 is 33.1. The summed E-state index contributed by atoms with van der Waals surface area (Å²) in [5.74, 6) is 1.32. The normalized spacial score (nSPS) is 11.4. The molecule has 0 aliphatic carbocycles. The highest BCUT2D eigenvalue weighted by atomic mass is 35.5. The van der Waals surface area contributed by atoms with Crippen molar-refractivity contribution in [3.63, 3.8) is 0 Å². The van der Waals surface area contributed by atoms with Crippen LogP contribution in [0.15, 0.2) is 12.1 Å². The molecular formula is C13H20ClNO4S. The molecule has 0 radical (unpaired) electrons. The van der Waals surface area contributed by atoms with Gasteiger partial charge in [0, 0.05) is 18.8 Å². The number of halogens is 1. The Bertz CT molecular complexity index is 546. The molecular weight excluding hydrogens is 302 g/mol. The first-order chi connectivity index (χ1) is 9.45. The highest BCUT2D eigenvalue weighted by Gasteiger charge is 2.13. The molecule has 0 fully saturated rings. The van der Waals surface area contributed by atoms with E-state index in [4.69, 9.17) is 21.1 Å². The highest BCUT2D eigenvalue weighted by Crippen LogP contribution is 2.37. The lowest BCUT2D eigenvalue weighted by Gasteiger charge is -2.13. The van der Waals surface area contributed by atoms with E-state index in [-0.39, 0.29) is 11.5 Å². The SMILES string of the molecule is CCS(=O)(=O)CCNCc1ccc(OC)c(OC)c1Cl. The summed E-state index contributed by atoms with van der Waals surface area (Å²) in [6.45, 7) is 2.50. The minimum absolute atomic E-state index is 0.119. The summed E-state index contributed by atoms with van der Waals surface area (Å²) in [6, 6.07) is 3.59. The molecule has 0 atom stereocenters. The third kappa shape index (κ3) is 4.54. The fourth-order valence-electron chi connectivity index (χ4n) is 1.66. The third-order valence-electron chi connectivity index (χ3n) is 2.91. The summed E-state index contributed by atoms with van der Waals surface area (Å²) in [5.41, 5.74) is 0.832. The van der Waals surface area contributed by atoms with Gasteiger partial charge in [0.25, 0.3) is 0 Å². The van der Waals surface area contributed by atoms with E-state index in [1.54, 1.807) is 20.1 Å². The van der Waals surface area contributed by atoms with Gasteiger partial charge in [0.2, 0.25) is 0 Å². The second kappa shape index (κ2) is 7.71. The molecule has 0 heterocycles. The van der Waals surface area contributed by atoms with E-state index in [2.05, 4.69) is 5.32 Å². The number of hydrogen-bond acceptors (Lipinski definition) is 5. The molecule has 20 heavy (non-hydrogen) atoms. The van der Waals surface area contributed by atoms with Crippen molar-refractivity contribution in [1.29, 1.82) is 0 Å². The van der Waals surface area contributed by atoms with Gasteiger partial charge in [-0.3, -0.25) is 0 Å². The Balaban J connectivity index is 2.65. The monoisotopic (exact) mass is 321 g/mol. The fraction of sp³-hybridized carbons (Fsp3) is 0.538. The van der Waals surface area contributed by atoms with Gasteiger partial charge >= 0.3 is 0 Å². The summed E-state index contributed by atoms with van der Waals surface area (Å²) in [5, 5.41) is 3.53. The van der Waals surface area contributed by atoms with Crippen molar-refractivity contribution in [1.82, 2.24) is 5.32 Å². The Morgan fingerprint density at radius 1 is 1.25 bits per heavy atom. The molecule has 0 bridgehead atoms. The fourth-order valence-corrected chi connectivity index (χ4v) is 2.71. The maximum atomic E-state index is 11.4. The van der Waals surface area contributed by atoms with E-state index in [0.717, 1.165) is 5.56 Å². The van der Waals surface area contributed by atoms with Gasteiger partial charge < -0.3 is 14.8 Å². The zero-order chi connectivity index (χ0) is 15.2. The van der Waals surface area contributed by atoms with Gasteiger partial charge in [-0.15, -0.1) is 0 Å². The Hall–Kier alpha value is -0.980. The lowest BCUT2D eigenvalue weighted by molar-refractivity contribution is 0.354. The molecule has 1 aromatic rings. The number of rotatable bonds is 8. The van der Waals surface area contributed by atoms with E-state index in [1.165, 1.54) is 7.11 Å². The number of sulfone groups is 1. The van der Waals surface area contributed by atoms with Gasteiger partial charge in [-0.25, -0.2) is 8.42 Å². The number of ether oxygens (including phenoxy) is 2. The predicted octanol–water partition coefficient (Wildman–Crippen LogP) is 1.88. The highest BCUT2D eigenvalue weighted by molar-refractivity contribution is 7.91. The van der Waals surface area contributed by atoms with Crippen LogP contribution in [-0.4, -0.2) is 40.7 Å². The zero-order valence-electron chi connectivity index (χ0n) is 11.9. The molecule has 5 nitrogen and oxygen atoms in total. The van der Waals surface area contributed by atoms with Crippen molar-refractivity contribution in [2.45, 2.75) is 13.5 Å². The topological polar surface area (TPSA) is 64.6 Å². The molecule has 0 aliphatic heterocycles. The number of methoxy groups -OCH3 is 2.